The van der Waals surface area contributed by atoms with E-state index in [9.17, 15) is 5.11 Å². The number of aliphatic hydroxyl groups is 1. The molecule has 2 nitrogen and oxygen atoms in total. The first-order valence-corrected chi connectivity index (χ1v) is 5.71. The van der Waals surface area contributed by atoms with Gasteiger partial charge in [-0.3, -0.25) is 0 Å². The predicted molar refractivity (Wildman–Crippen MR) is 61.7 cm³/mol. The molecule has 2 N–H and O–H groups in total. The van der Waals surface area contributed by atoms with E-state index in [0.29, 0.717) is 0 Å². The third-order valence-corrected chi connectivity index (χ3v) is 3.43. The lowest BCUT2D eigenvalue weighted by Gasteiger charge is -2.32. The van der Waals surface area contributed by atoms with E-state index in [0.717, 1.165) is 25.7 Å². The maximum Gasteiger partial charge on any atom is 0.0841 e. The average molecular weight is 205 g/mol. The fourth-order valence-electron chi connectivity index (χ4n) is 2.67. The van der Waals surface area contributed by atoms with Gasteiger partial charge in [-0.2, -0.15) is 0 Å². The normalized spacial score (nSPS) is 21.5. The van der Waals surface area contributed by atoms with Gasteiger partial charge in [0.05, 0.1) is 11.6 Å². The minimum absolute atomic E-state index is 0.0706. The SMILES string of the molecule is CN[C@@H](c1ccccc1)C1(O)CCCC1. The lowest BCUT2D eigenvalue weighted by Crippen LogP contribution is -2.40. The highest BCUT2D eigenvalue weighted by molar-refractivity contribution is 5.22. The summed E-state index contributed by atoms with van der Waals surface area (Å²) in [6, 6.07) is 10.3. The van der Waals surface area contributed by atoms with Crippen molar-refractivity contribution in [3.05, 3.63) is 35.9 Å². The second kappa shape index (κ2) is 4.33. The molecule has 15 heavy (non-hydrogen) atoms. The van der Waals surface area contributed by atoms with Crippen molar-refractivity contribution in [3.8, 4) is 0 Å². The predicted octanol–water partition coefficient (Wildman–Crippen LogP) is 2.25. The molecule has 0 bridgehead atoms. The molecule has 0 radical (unpaired) electrons. The fourth-order valence-corrected chi connectivity index (χ4v) is 2.67. The summed E-state index contributed by atoms with van der Waals surface area (Å²) in [5, 5.41) is 13.8. The van der Waals surface area contributed by atoms with Crippen LogP contribution in [0.3, 0.4) is 0 Å². The molecule has 0 aliphatic heterocycles. The van der Waals surface area contributed by atoms with Crippen molar-refractivity contribution in [2.45, 2.75) is 37.3 Å². The van der Waals surface area contributed by atoms with Crippen LogP contribution in [0.5, 0.6) is 0 Å². The summed E-state index contributed by atoms with van der Waals surface area (Å²) >= 11 is 0. The zero-order valence-electron chi connectivity index (χ0n) is 9.24. The van der Waals surface area contributed by atoms with Gasteiger partial charge in [0.25, 0.3) is 0 Å². The van der Waals surface area contributed by atoms with E-state index in [4.69, 9.17) is 0 Å². The van der Waals surface area contributed by atoms with Gasteiger partial charge in [0.1, 0.15) is 0 Å². The number of benzene rings is 1. The van der Waals surface area contributed by atoms with Crippen LogP contribution in [0.2, 0.25) is 0 Å². The minimum atomic E-state index is -0.546. The monoisotopic (exact) mass is 205 g/mol. The van der Waals surface area contributed by atoms with Crippen LogP contribution in [0.1, 0.15) is 37.3 Å². The van der Waals surface area contributed by atoms with E-state index in [-0.39, 0.29) is 6.04 Å². The van der Waals surface area contributed by atoms with Crippen LogP contribution < -0.4 is 5.32 Å². The van der Waals surface area contributed by atoms with Crippen LogP contribution in [0.15, 0.2) is 30.3 Å². The molecular formula is C13H19NO. The zero-order chi connectivity index (χ0) is 10.7. The van der Waals surface area contributed by atoms with Gasteiger partial charge in [0.2, 0.25) is 0 Å². The molecule has 1 aliphatic rings. The third-order valence-electron chi connectivity index (χ3n) is 3.43. The van der Waals surface area contributed by atoms with Gasteiger partial charge in [0.15, 0.2) is 0 Å². The van der Waals surface area contributed by atoms with E-state index in [1.54, 1.807) is 0 Å². The van der Waals surface area contributed by atoms with Crippen molar-refractivity contribution >= 4 is 0 Å². The van der Waals surface area contributed by atoms with Gasteiger partial charge < -0.3 is 10.4 Å². The van der Waals surface area contributed by atoms with E-state index >= 15 is 0 Å². The molecule has 1 fully saturated rings. The van der Waals surface area contributed by atoms with Crippen LogP contribution in [0.4, 0.5) is 0 Å². The van der Waals surface area contributed by atoms with Crippen molar-refractivity contribution in [1.29, 1.82) is 0 Å². The summed E-state index contributed by atoms with van der Waals surface area (Å²) < 4.78 is 0. The standard InChI is InChI=1S/C13H19NO/c1-14-12(11-7-3-2-4-8-11)13(15)9-5-6-10-13/h2-4,7-8,12,14-15H,5-6,9-10H2,1H3/t12-/m0/s1. The highest BCUT2D eigenvalue weighted by Crippen LogP contribution is 2.39. The topological polar surface area (TPSA) is 32.3 Å². The van der Waals surface area contributed by atoms with Gasteiger partial charge in [0, 0.05) is 0 Å². The Morgan fingerprint density at radius 2 is 1.80 bits per heavy atom. The molecule has 2 rings (SSSR count). The molecule has 0 spiro atoms. The van der Waals surface area contributed by atoms with Crippen molar-refractivity contribution in [2.24, 2.45) is 0 Å². The molecule has 1 saturated carbocycles. The van der Waals surface area contributed by atoms with Crippen molar-refractivity contribution in [1.82, 2.24) is 5.32 Å². The fraction of sp³-hybridized carbons (Fsp3) is 0.538. The van der Waals surface area contributed by atoms with Crippen LogP contribution in [-0.4, -0.2) is 17.8 Å². The van der Waals surface area contributed by atoms with Crippen LogP contribution in [0, 0.1) is 0 Å². The van der Waals surface area contributed by atoms with Crippen molar-refractivity contribution in [2.75, 3.05) is 7.05 Å². The summed E-state index contributed by atoms with van der Waals surface area (Å²) in [5.41, 5.74) is 0.639. The molecule has 0 heterocycles. The molecule has 1 aromatic rings. The zero-order valence-corrected chi connectivity index (χ0v) is 9.24. The second-order valence-corrected chi connectivity index (χ2v) is 4.44. The number of likely N-dealkylation sites (N-methyl/N-ethyl adjacent to an activating group) is 1. The summed E-state index contributed by atoms with van der Waals surface area (Å²) in [5.74, 6) is 0. The second-order valence-electron chi connectivity index (χ2n) is 4.44. The van der Waals surface area contributed by atoms with Gasteiger partial charge in [-0.15, -0.1) is 0 Å². The average Bonchev–Trinajstić information content (AvgIpc) is 2.68. The molecule has 82 valence electrons. The van der Waals surface area contributed by atoms with E-state index in [1.165, 1.54) is 5.56 Å². The summed E-state index contributed by atoms with van der Waals surface area (Å²) in [4.78, 5) is 0. The molecule has 0 aromatic heterocycles. The first-order valence-electron chi connectivity index (χ1n) is 5.71. The van der Waals surface area contributed by atoms with Gasteiger partial charge in [-0.05, 0) is 25.5 Å². The van der Waals surface area contributed by atoms with Crippen LogP contribution in [0.25, 0.3) is 0 Å². The van der Waals surface area contributed by atoms with Crippen LogP contribution >= 0.6 is 0 Å². The number of hydrogen-bond donors (Lipinski definition) is 2. The summed E-state index contributed by atoms with van der Waals surface area (Å²) in [6.07, 6.45) is 4.10. The van der Waals surface area contributed by atoms with E-state index in [2.05, 4.69) is 17.4 Å². The highest BCUT2D eigenvalue weighted by Gasteiger charge is 2.39. The molecule has 0 unspecified atom stereocenters. The first-order chi connectivity index (χ1) is 7.26. The molecule has 0 amide bonds. The Balaban J connectivity index is 2.24. The largest absolute Gasteiger partial charge is 0.388 e. The van der Waals surface area contributed by atoms with Gasteiger partial charge in [-0.25, -0.2) is 0 Å². The Bertz CT molecular complexity index is 304. The molecule has 2 heteroatoms. The molecule has 0 saturated heterocycles. The Morgan fingerprint density at radius 3 is 2.33 bits per heavy atom. The Kier molecular flexibility index (Phi) is 3.08. The van der Waals surface area contributed by atoms with Gasteiger partial charge in [-0.1, -0.05) is 43.2 Å². The quantitative estimate of drug-likeness (QED) is 0.793. The lowest BCUT2D eigenvalue weighted by molar-refractivity contribution is 0.00956. The summed E-state index contributed by atoms with van der Waals surface area (Å²) in [7, 11) is 1.92. The maximum atomic E-state index is 10.5. The number of nitrogens with one attached hydrogen (secondary N) is 1. The number of hydrogen-bond acceptors (Lipinski definition) is 2. The Hall–Kier alpha value is -0.860. The Labute approximate surface area is 91.3 Å². The Morgan fingerprint density at radius 1 is 1.20 bits per heavy atom. The van der Waals surface area contributed by atoms with E-state index in [1.807, 2.05) is 25.2 Å². The molecule has 1 aromatic carbocycles. The maximum absolute atomic E-state index is 10.5. The van der Waals surface area contributed by atoms with E-state index < -0.39 is 5.60 Å². The van der Waals surface area contributed by atoms with Crippen molar-refractivity contribution in [3.63, 3.8) is 0 Å². The number of rotatable bonds is 3. The summed E-state index contributed by atoms with van der Waals surface area (Å²) in [6.45, 7) is 0. The van der Waals surface area contributed by atoms with Crippen molar-refractivity contribution < 1.29 is 5.11 Å². The first kappa shape index (κ1) is 10.7. The molecule has 1 aliphatic carbocycles. The third kappa shape index (κ3) is 2.06. The minimum Gasteiger partial charge on any atom is -0.388 e. The van der Waals surface area contributed by atoms with Gasteiger partial charge >= 0.3 is 0 Å². The van der Waals surface area contributed by atoms with Crippen LogP contribution in [-0.2, 0) is 0 Å². The molecule has 1 atom stereocenters. The lowest BCUT2D eigenvalue weighted by atomic mass is 9.87. The molecular weight excluding hydrogens is 186 g/mol. The highest BCUT2D eigenvalue weighted by atomic mass is 16.3. The smallest absolute Gasteiger partial charge is 0.0841 e.